The van der Waals surface area contributed by atoms with E-state index in [1.54, 1.807) is 0 Å². The van der Waals surface area contributed by atoms with Crippen LogP contribution in [0.1, 0.15) is 48.8 Å². The lowest BCUT2D eigenvalue weighted by Gasteiger charge is -2.30. The first kappa shape index (κ1) is 18.3. The van der Waals surface area contributed by atoms with Gasteiger partial charge in [0, 0.05) is 36.6 Å². The van der Waals surface area contributed by atoms with Crippen LogP contribution in [0, 0.1) is 12.3 Å². The summed E-state index contributed by atoms with van der Waals surface area (Å²) in [5, 5.41) is 6.97. The van der Waals surface area contributed by atoms with Crippen molar-refractivity contribution in [1.82, 2.24) is 10.6 Å². The van der Waals surface area contributed by atoms with E-state index in [0.29, 0.717) is 5.41 Å². The third-order valence-electron chi connectivity index (χ3n) is 4.73. The number of hydrogen-bond acceptors (Lipinski definition) is 3. The molecule has 0 aliphatic heterocycles. The molecule has 0 aromatic carbocycles. The van der Waals surface area contributed by atoms with Gasteiger partial charge in [0.15, 0.2) is 5.96 Å². The van der Waals surface area contributed by atoms with E-state index in [1.165, 1.54) is 35.4 Å². The molecule has 0 unspecified atom stereocenters. The van der Waals surface area contributed by atoms with E-state index in [1.807, 2.05) is 18.4 Å². The highest BCUT2D eigenvalue weighted by atomic mass is 32.1. The quantitative estimate of drug-likeness (QED) is 0.432. The third kappa shape index (κ3) is 5.81. The number of nitrogens with zero attached hydrogens (tertiary/aromatic N) is 1. The first-order chi connectivity index (χ1) is 11.2. The van der Waals surface area contributed by atoms with Gasteiger partial charge in [-0.3, -0.25) is 4.99 Å². The summed E-state index contributed by atoms with van der Waals surface area (Å²) in [5.74, 6) is 0.902. The van der Waals surface area contributed by atoms with Gasteiger partial charge in [-0.15, -0.1) is 11.3 Å². The van der Waals surface area contributed by atoms with Crippen molar-refractivity contribution in [3.05, 3.63) is 21.9 Å². The lowest BCUT2D eigenvalue weighted by molar-refractivity contribution is 0.105. The maximum Gasteiger partial charge on any atom is 0.191 e. The zero-order valence-corrected chi connectivity index (χ0v) is 15.6. The van der Waals surface area contributed by atoms with Crippen molar-refractivity contribution in [1.29, 1.82) is 0 Å². The Kier molecular flexibility index (Phi) is 7.37. The average Bonchev–Trinajstić information content (AvgIpc) is 3.18. The fraction of sp³-hybridized carbons (Fsp3) is 0.722. The molecule has 2 rings (SSSR count). The van der Waals surface area contributed by atoms with E-state index in [9.17, 15) is 0 Å². The Labute approximate surface area is 144 Å². The predicted octanol–water partition coefficient (Wildman–Crippen LogP) is 3.71. The van der Waals surface area contributed by atoms with Crippen molar-refractivity contribution in [3.63, 3.8) is 0 Å². The van der Waals surface area contributed by atoms with Gasteiger partial charge in [0.2, 0.25) is 0 Å². The lowest BCUT2D eigenvalue weighted by atomic mass is 9.83. The molecule has 1 heterocycles. The van der Waals surface area contributed by atoms with E-state index < -0.39 is 0 Å². The summed E-state index contributed by atoms with van der Waals surface area (Å²) in [6, 6.07) is 4.35. The first-order valence-electron chi connectivity index (χ1n) is 8.75. The van der Waals surface area contributed by atoms with Crippen molar-refractivity contribution >= 4 is 17.3 Å². The van der Waals surface area contributed by atoms with Gasteiger partial charge in [0.25, 0.3) is 0 Å². The molecule has 0 radical (unpaired) electrons. The van der Waals surface area contributed by atoms with Crippen molar-refractivity contribution in [2.75, 3.05) is 26.8 Å². The van der Waals surface area contributed by atoms with Gasteiger partial charge in [0.05, 0.1) is 6.54 Å². The summed E-state index contributed by atoms with van der Waals surface area (Å²) >= 11 is 1.83. The summed E-state index contributed by atoms with van der Waals surface area (Å²) in [4.78, 5) is 7.06. The highest BCUT2D eigenvalue weighted by Gasteiger charge is 2.33. The molecule has 0 bridgehead atoms. The van der Waals surface area contributed by atoms with Crippen LogP contribution < -0.4 is 10.6 Å². The number of rotatable bonds is 8. The summed E-state index contributed by atoms with van der Waals surface area (Å²) in [5.41, 5.74) is 0.381. The maximum absolute atomic E-state index is 5.59. The Bertz CT molecular complexity index is 492. The van der Waals surface area contributed by atoms with Gasteiger partial charge < -0.3 is 15.4 Å². The Morgan fingerprint density at radius 2 is 2.09 bits per heavy atom. The topological polar surface area (TPSA) is 45.6 Å². The molecule has 5 heteroatoms. The molecule has 1 aliphatic carbocycles. The largest absolute Gasteiger partial charge is 0.382 e. The van der Waals surface area contributed by atoms with E-state index in [0.717, 1.165) is 38.7 Å². The summed E-state index contributed by atoms with van der Waals surface area (Å²) in [6.07, 6.45) is 6.43. The second kappa shape index (κ2) is 9.28. The fourth-order valence-corrected chi connectivity index (χ4v) is 4.15. The van der Waals surface area contributed by atoms with Crippen LogP contribution in [0.2, 0.25) is 0 Å². The minimum absolute atomic E-state index is 0.381. The molecule has 1 aromatic heterocycles. The molecule has 0 amide bonds. The van der Waals surface area contributed by atoms with E-state index >= 15 is 0 Å². The third-order valence-corrected chi connectivity index (χ3v) is 5.73. The van der Waals surface area contributed by atoms with Crippen LogP contribution in [0.4, 0.5) is 0 Å². The van der Waals surface area contributed by atoms with E-state index in [-0.39, 0.29) is 0 Å². The Balaban J connectivity index is 1.80. The van der Waals surface area contributed by atoms with Gasteiger partial charge in [-0.1, -0.05) is 12.8 Å². The molecule has 0 spiro atoms. The van der Waals surface area contributed by atoms with Crippen LogP contribution in [0.5, 0.6) is 0 Å². The monoisotopic (exact) mass is 337 g/mol. The number of aliphatic imine (C=N–C) groups is 1. The van der Waals surface area contributed by atoms with Gasteiger partial charge in [-0.2, -0.15) is 0 Å². The van der Waals surface area contributed by atoms with Crippen molar-refractivity contribution in [2.45, 2.75) is 52.5 Å². The molecule has 2 N–H and O–H groups in total. The van der Waals surface area contributed by atoms with Crippen LogP contribution in [-0.2, 0) is 11.3 Å². The molecule has 0 atom stereocenters. The zero-order chi connectivity index (χ0) is 16.5. The minimum Gasteiger partial charge on any atom is -0.382 e. The highest BCUT2D eigenvalue weighted by Crippen LogP contribution is 2.40. The number of guanidine groups is 1. The van der Waals surface area contributed by atoms with Gasteiger partial charge in [0.1, 0.15) is 0 Å². The van der Waals surface area contributed by atoms with Crippen LogP contribution in [-0.4, -0.2) is 32.8 Å². The van der Waals surface area contributed by atoms with Crippen LogP contribution in [0.3, 0.4) is 0 Å². The molecule has 1 aliphatic rings. The molecular formula is C18H31N3OS. The second-order valence-corrected chi connectivity index (χ2v) is 7.82. The standard InChI is InChI=1S/C18H31N3OS/c1-4-22-12-11-18(9-5-6-10-18)14-21-17(19-3)20-13-16-8-7-15(2)23-16/h7-8H,4-6,9-14H2,1-3H3,(H2,19,20,21). The van der Waals surface area contributed by atoms with Crippen molar-refractivity contribution in [3.8, 4) is 0 Å². The molecule has 0 saturated heterocycles. The van der Waals surface area contributed by atoms with Crippen LogP contribution in [0.25, 0.3) is 0 Å². The van der Waals surface area contributed by atoms with E-state index in [2.05, 4.69) is 41.6 Å². The van der Waals surface area contributed by atoms with Gasteiger partial charge >= 0.3 is 0 Å². The van der Waals surface area contributed by atoms with Gasteiger partial charge in [-0.05, 0) is 50.7 Å². The molecule has 23 heavy (non-hydrogen) atoms. The molecule has 1 aromatic rings. The van der Waals surface area contributed by atoms with Crippen LogP contribution >= 0.6 is 11.3 Å². The second-order valence-electron chi connectivity index (χ2n) is 6.45. The number of aryl methyl sites for hydroxylation is 1. The summed E-state index contributed by atoms with van der Waals surface area (Å²) in [6.45, 7) is 7.72. The Hall–Kier alpha value is -1.07. The number of hydrogen-bond donors (Lipinski definition) is 2. The normalized spacial score (nSPS) is 17.4. The average molecular weight is 338 g/mol. The predicted molar refractivity (Wildman–Crippen MR) is 99.3 cm³/mol. The molecule has 130 valence electrons. The highest BCUT2D eigenvalue weighted by molar-refractivity contribution is 7.11. The zero-order valence-electron chi connectivity index (χ0n) is 14.8. The Morgan fingerprint density at radius 1 is 1.30 bits per heavy atom. The lowest BCUT2D eigenvalue weighted by Crippen LogP contribution is -2.43. The number of nitrogens with one attached hydrogen (secondary N) is 2. The van der Waals surface area contributed by atoms with E-state index in [4.69, 9.17) is 4.74 Å². The minimum atomic E-state index is 0.381. The first-order valence-corrected chi connectivity index (χ1v) is 9.57. The van der Waals surface area contributed by atoms with Crippen molar-refractivity contribution < 1.29 is 4.74 Å². The molecule has 1 fully saturated rings. The molecule has 4 nitrogen and oxygen atoms in total. The number of thiophene rings is 1. The summed E-state index contributed by atoms with van der Waals surface area (Å²) < 4.78 is 5.59. The summed E-state index contributed by atoms with van der Waals surface area (Å²) in [7, 11) is 1.84. The SMILES string of the molecule is CCOCCC1(CNC(=NC)NCc2ccc(C)s2)CCCC1. The van der Waals surface area contributed by atoms with Gasteiger partial charge in [-0.25, -0.2) is 0 Å². The fourth-order valence-electron chi connectivity index (χ4n) is 3.32. The van der Waals surface area contributed by atoms with Crippen molar-refractivity contribution in [2.24, 2.45) is 10.4 Å². The number of ether oxygens (including phenoxy) is 1. The smallest absolute Gasteiger partial charge is 0.191 e. The molecular weight excluding hydrogens is 306 g/mol. The molecule has 1 saturated carbocycles. The maximum atomic E-state index is 5.59. The Morgan fingerprint density at radius 3 is 2.70 bits per heavy atom. The van der Waals surface area contributed by atoms with Crippen LogP contribution in [0.15, 0.2) is 17.1 Å².